The number of methoxy groups -OCH3 is 1. The molecule has 0 fully saturated rings. The first kappa shape index (κ1) is 12.3. The van der Waals surface area contributed by atoms with Crippen molar-refractivity contribution >= 4 is 5.95 Å². The zero-order valence-electron chi connectivity index (χ0n) is 10.00. The van der Waals surface area contributed by atoms with Crippen molar-refractivity contribution in [3.8, 4) is 17.4 Å². The van der Waals surface area contributed by atoms with Crippen LogP contribution in [0.1, 0.15) is 0 Å². The molecule has 6 nitrogen and oxygen atoms in total. The molecule has 0 aliphatic rings. The lowest BCUT2D eigenvalue weighted by atomic mass is 10.2. The largest absolute Gasteiger partial charge is 0.467 e. The number of nitrogens with zero attached hydrogens (tertiary/aromatic N) is 3. The number of aliphatic hydroxyl groups is 1. The van der Waals surface area contributed by atoms with Gasteiger partial charge in [-0.05, 0) is 0 Å². The predicted molar refractivity (Wildman–Crippen MR) is 67.4 cm³/mol. The monoisotopic (exact) mass is 246 g/mol. The quantitative estimate of drug-likeness (QED) is 0.817. The van der Waals surface area contributed by atoms with Crippen molar-refractivity contribution < 1.29 is 9.84 Å². The van der Waals surface area contributed by atoms with Crippen molar-refractivity contribution in [3.05, 3.63) is 30.3 Å². The summed E-state index contributed by atoms with van der Waals surface area (Å²) < 4.78 is 5.03. The van der Waals surface area contributed by atoms with Crippen LogP contribution in [0.5, 0.6) is 6.01 Å². The highest BCUT2D eigenvalue weighted by molar-refractivity contribution is 5.56. The van der Waals surface area contributed by atoms with E-state index in [2.05, 4.69) is 20.3 Å². The molecule has 94 valence electrons. The molecule has 0 unspecified atom stereocenters. The van der Waals surface area contributed by atoms with Gasteiger partial charge >= 0.3 is 6.01 Å². The highest BCUT2D eigenvalue weighted by Gasteiger charge is 2.07. The van der Waals surface area contributed by atoms with E-state index in [1.54, 1.807) is 0 Å². The van der Waals surface area contributed by atoms with Crippen LogP contribution in [-0.4, -0.2) is 40.3 Å². The summed E-state index contributed by atoms with van der Waals surface area (Å²) in [6.45, 7) is 0.385. The van der Waals surface area contributed by atoms with Crippen LogP contribution in [0.25, 0.3) is 11.4 Å². The van der Waals surface area contributed by atoms with Crippen LogP contribution in [0.2, 0.25) is 0 Å². The molecule has 1 aromatic heterocycles. The number of anilines is 1. The topological polar surface area (TPSA) is 80.2 Å². The van der Waals surface area contributed by atoms with E-state index in [4.69, 9.17) is 9.84 Å². The van der Waals surface area contributed by atoms with Gasteiger partial charge in [0, 0.05) is 12.1 Å². The van der Waals surface area contributed by atoms with Gasteiger partial charge in [0.25, 0.3) is 0 Å². The van der Waals surface area contributed by atoms with Crippen LogP contribution < -0.4 is 10.1 Å². The van der Waals surface area contributed by atoms with Crippen LogP contribution >= 0.6 is 0 Å². The Kier molecular flexibility index (Phi) is 4.03. The number of nitrogens with one attached hydrogen (secondary N) is 1. The van der Waals surface area contributed by atoms with E-state index in [-0.39, 0.29) is 12.6 Å². The summed E-state index contributed by atoms with van der Waals surface area (Å²) in [7, 11) is 1.50. The van der Waals surface area contributed by atoms with Crippen LogP contribution in [0.15, 0.2) is 30.3 Å². The van der Waals surface area contributed by atoms with Gasteiger partial charge < -0.3 is 15.2 Å². The molecular weight excluding hydrogens is 232 g/mol. The molecule has 2 aromatic rings. The molecule has 0 atom stereocenters. The Balaban J connectivity index is 2.35. The normalized spacial score (nSPS) is 10.1. The molecule has 1 aromatic carbocycles. The molecule has 0 radical (unpaired) electrons. The van der Waals surface area contributed by atoms with Gasteiger partial charge in [-0.1, -0.05) is 30.3 Å². The van der Waals surface area contributed by atoms with E-state index in [9.17, 15) is 0 Å². The average molecular weight is 246 g/mol. The number of rotatable bonds is 5. The lowest BCUT2D eigenvalue weighted by Crippen LogP contribution is -2.10. The number of aliphatic hydroxyl groups excluding tert-OH is 1. The van der Waals surface area contributed by atoms with Gasteiger partial charge in [-0.2, -0.15) is 15.0 Å². The highest BCUT2D eigenvalue weighted by Crippen LogP contribution is 2.17. The molecule has 1 heterocycles. The SMILES string of the molecule is COc1nc(NCCO)nc(-c2ccccc2)n1. The molecule has 0 aliphatic carbocycles. The van der Waals surface area contributed by atoms with Gasteiger partial charge in [0.1, 0.15) is 0 Å². The van der Waals surface area contributed by atoms with Crippen LogP contribution in [0, 0.1) is 0 Å². The molecule has 0 aliphatic heterocycles. The lowest BCUT2D eigenvalue weighted by molar-refractivity contribution is 0.310. The molecule has 0 saturated heterocycles. The highest BCUT2D eigenvalue weighted by atomic mass is 16.5. The summed E-state index contributed by atoms with van der Waals surface area (Å²) in [6, 6.07) is 9.80. The fraction of sp³-hybridized carbons (Fsp3) is 0.250. The fourth-order valence-electron chi connectivity index (χ4n) is 1.41. The maximum Gasteiger partial charge on any atom is 0.321 e. The number of benzene rings is 1. The van der Waals surface area contributed by atoms with Crippen LogP contribution in [-0.2, 0) is 0 Å². The van der Waals surface area contributed by atoms with Gasteiger partial charge in [-0.3, -0.25) is 0 Å². The minimum atomic E-state index is 0.00860. The van der Waals surface area contributed by atoms with Crippen LogP contribution in [0.3, 0.4) is 0 Å². The maximum absolute atomic E-state index is 8.78. The Morgan fingerprint density at radius 3 is 2.61 bits per heavy atom. The molecule has 0 bridgehead atoms. The van der Waals surface area contributed by atoms with Crippen LogP contribution in [0.4, 0.5) is 5.95 Å². The van der Waals surface area contributed by atoms with Gasteiger partial charge in [0.15, 0.2) is 5.82 Å². The first-order valence-corrected chi connectivity index (χ1v) is 5.53. The molecule has 0 spiro atoms. The second-order valence-corrected chi connectivity index (χ2v) is 3.49. The number of ether oxygens (including phenoxy) is 1. The number of hydrogen-bond donors (Lipinski definition) is 2. The van der Waals surface area contributed by atoms with Gasteiger partial charge in [-0.25, -0.2) is 0 Å². The maximum atomic E-state index is 8.78. The minimum Gasteiger partial charge on any atom is -0.467 e. The number of aromatic nitrogens is 3. The smallest absolute Gasteiger partial charge is 0.321 e. The van der Waals surface area contributed by atoms with Crippen molar-refractivity contribution in [2.45, 2.75) is 0 Å². The molecular formula is C12H14N4O2. The van der Waals surface area contributed by atoms with Gasteiger partial charge in [0.05, 0.1) is 13.7 Å². The van der Waals surface area contributed by atoms with E-state index < -0.39 is 0 Å². The Bertz CT molecular complexity index is 505. The van der Waals surface area contributed by atoms with Crippen molar-refractivity contribution in [3.63, 3.8) is 0 Å². The predicted octanol–water partition coefficient (Wildman–Crippen LogP) is 0.951. The summed E-state index contributed by atoms with van der Waals surface area (Å²) in [4.78, 5) is 12.5. The third-order valence-corrected chi connectivity index (χ3v) is 2.22. The molecule has 2 N–H and O–H groups in total. The third kappa shape index (κ3) is 2.92. The summed E-state index contributed by atoms with van der Waals surface area (Å²) in [5.74, 6) is 0.914. The summed E-state index contributed by atoms with van der Waals surface area (Å²) in [6.07, 6.45) is 0. The Morgan fingerprint density at radius 1 is 1.17 bits per heavy atom. The van der Waals surface area contributed by atoms with Gasteiger partial charge in [-0.15, -0.1) is 0 Å². The third-order valence-electron chi connectivity index (χ3n) is 2.22. The Hall–Kier alpha value is -2.21. The van der Waals surface area contributed by atoms with E-state index in [1.807, 2.05) is 30.3 Å². The summed E-state index contributed by atoms with van der Waals surface area (Å²) in [5, 5.41) is 11.7. The zero-order valence-corrected chi connectivity index (χ0v) is 10.00. The van der Waals surface area contributed by atoms with Crippen molar-refractivity contribution in [1.82, 2.24) is 15.0 Å². The average Bonchev–Trinajstić information content (AvgIpc) is 2.45. The lowest BCUT2D eigenvalue weighted by Gasteiger charge is -2.07. The second-order valence-electron chi connectivity index (χ2n) is 3.49. The molecule has 6 heteroatoms. The summed E-state index contributed by atoms with van der Waals surface area (Å²) in [5.41, 5.74) is 0.880. The van der Waals surface area contributed by atoms with E-state index >= 15 is 0 Å². The van der Waals surface area contributed by atoms with E-state index in [0.717, 1.165) is 5.56 Å². The molecule has 2 rings (SSSR count). The van der Waals surface area contributed by atoms with Crippen molar-refractivity contribution in [2.75, 3.05) is 25.6 Å². The standard InChI is InChI=1S/C12H14N4O2/c1-18-12-15-10(9-5-3-2-4-6-9)14-11(16-12)13-7-8-17/h2-6,17H,7-8H2,1H3,(H,13,14,15,16). The summed E-state index contributed by atoms with van der Waals surface area (Å²) >= 11 is 0. The molecule has 0 amide bonds. The van der Waals surface area contributed by atoms with Crippen molar-refractivity contribution in [1.29, 1.82) is 0 Å². The molecule has 0 saturated carbocycles. The first-order valence-electron chi connectivity index (χ1n) is 5.53. The Labute approximate surface area is 105 Å². The second kappa shape index (κ2) is 5.92. The van der Waals surface area contributed by atoms with Crippen molar-refractivity contribution in [2.24, 2.45) is 0 Å². The van der Waals surface area contributed by atoms with E-state index in [1.165, 1.54) is 7.11 Å². The number of hydrogen-bond acceptors (Lipinski definition) is 6. The minimum absolute atomic E-state index is 0.00860. The fourth-order valence-corrected chi connectivity index (χ4v) is 1.41. The zero-order chi connectivity index (χ0) is 12.8. The van der Waals surface area contributed by atoms with E-state index in [0.29, 0.717) is 18.3 Å². The van der Waals surface area contributed by atoms with Gasteiger partial charge in [0.2, 0.25) is 5.95 Å². The molecule has 18 heavy (non-hydrogen) atoms. The Morgan fingerprint density at radius 2 is 1.94 bits per heavy atom. The first-order chi connectivity index (χ1) is 8.83.